The zero-order valence-corrected chi connectivity index (χ0v) is 14.6. The number of hydrogen-bond donors (Lipinski definition) is 2. The summed E-state index contributed by atoms with van der Waals surface area (Å²) in [5.41, 5.74) is 1.07. The summed E-state index contributed by atoms with van der Waals surface area (Å²) in [4.78, 5) is 20.3. The lowest BCUT2D eigenvalue weighted by molar-refractivity contribution is 0.0937. The van der Waals surface area contributed by atoms with Crippen molar-refractivity contribution in [2.24, 2.45) is 0 Å². The highest BCUT2D eigenvalue weighted by molar-refractivity contribution is 5.45. The van der Waals surface area contributed by atoms with Gasteiger partial charge in [0, 0.05) is 52.7 Å². The highest BCUT2D eigenvalue weighted by Gasteiger charge is 2.34. The molecule has 8 nitrogen and oxygen atoms in total. The van der Waals surface area contributed by atoms with Crippen LogP contribution in [-0.2, 0) is 4.74 Å². The molecule has 0 amide bonds. The summed E-state index contributed by atoms with van der Waals surface area (Å²) in [5, 5.41) is 3.63. The van der Waals surface area contributed by atoms with Crippen LogP contribution in [0.4, 0.5) is 11.8 Å². The number of nitrogens with one attached hydrogen (secondary N) is 2. The molecule has 3 heterocycles. The Labute approximate surface area is 142 Å². The second-order valence-electron chi connectivity index (χ2n) is 6.29. The molecule has 1 saturated heterocycles. The average Bonchev–Trinajstić information content (AvgIpc) is 3.24. The van der Waals surface area contributed by atoms with Crippen molar-refractivity contribution in [3.63, 3.8) is 0 Å². The number of imidazole rings is 1. The number of aromatic nitrogens is 4. The molecule has 1 fully saturated rings. The van der Waals surface area contributed by atoms with Crippen LogP contribution in [0.2, 0.25) is 0 Å². The lowest BCUT2D eigenvalue weighted by Gasteiger charge is -2.22. The van der Waals surface area contributed by atoms with E-state index in [2.05, 4.69) is 37.1 Å². The van der Waals surface area contributed by atoms with Gasteiger partial charge in [-0.1, -0.05) is 0 Å². The Kier molecular flexibility index (Phi) is 4.96. The SMILES string of the molecule is CO[C@@H]1CN(c2ccnc(N(C)C)n2)C[C@@H]1NC(C)c1cnc[nH]1. The summed E-state index contributed by atoms with van der Waals surface area (Å²) in [6.07, 6.45) is 5.45. The fourth-order valence-corrected chi connectivity index (χ4v) is 3.01. The molecule has 2 aromatic heterocycles. The van der Waals surface area contributed by atoms with Gasteiger partial charge < -0.3 is 24.8 Å². The minimum atomic E-state index is 0.105. The third kappa shape index (κ3) is 3.49. The molecular formula is C16H25N7O. The Bertz CT molecular complexity index is 646. The van der Waals surface area contributed by atoms with Crippen LogP contribution in [0.15, 0.2) is 24.8 Å². The molecule has 1 aliphatic rings. The molecule has 24 heavy (non-hydrogen) atoms. The van der Waals surface area contributed by atoms with Gasteiger partial charge in [-0.2, -0.15) is 4.98 Å². The quantitative estimate of drug-likeness (QED) is 0.811. The number of H-pyrrole nitrogens is 1. The number of ether oxygens (including phenoxy) is 1. The maximum Gasteiger partial charge on any atom is 0.226 e. The molecule has 2 N–H and O–H groups in total. The van der Waals surface area contributed by atoms with Crippen molar-refractivity contribution >= 4 is 11.8 Å². The molecule has 3 rings (SSSR count). The summed E-state index contributed by atoms with van der Waals surface area (Å²) < 4.78 is 5.69. The predicted molar refractivity (Wildman–Crippen MR) is 93.3 cm³/mol. The Balaban J connectivity index is 1.71. The van der Waals surface area contributed by atoms with Gasteiger partial charge in [-0.25, -0.2) is 9.97 Å². The first-order chi connectivity index (χ1) is 11.6. The van der Waals surface area contributed by atoms with Crippen LogP contribution in [0.1, 0.15) is 18.7 Å². The van der Waals surface area contributed by atoms with Gasteiger partial charge in [0.05, 0.1) is 24.2 Å². The van der Waals surface area contributed by atoms with Crippen molar-refractivity contribution in [1.29, 1.82) is 0 Å². The van der Waals surface area contributed by atoms with Crippen LogP contribution in [0, 0.1) is 0 Å². The van der Waals surface area contributed by atoms with E-state index in [9.17, 15) is 0 Å². The summed E-state index contributed by atoms with van der Waals surface area (Å²) in [6.45, 7) is 3.76. The minimum Gasteiger partial charge on any atom is -0.378 e. The van der Waals surface area contributed by atoms with Gasteiger partial charge in [-0.05, 0) is 13.0 Å². The standard InChI is InChI=1S/C16H25N7O/c1-11(12-7-17-10-19-12)20-13-8-23(9-14(13)24-4)15-5-6-18-16(21-15)22(2)3/h5-7,10-11,13-14,20H,8-9H2,1-4H3,(H,17,19)/t11?,13-,14+/m0/s1. The van der Waals surface area contributed by atoms with E-state index in [0.29, 0.717) is 5.95 Å². The number of methoxy groups -OCH3 is 1. The van der Waals surface area contributed by atoms with Gasteiger partial charge in [-0.15, -0.1) is 0 Å². The first kappa shape index (κ1) is 16.7. The van der Waals surface area contributed by atoms with Crippen molar-refractivity contribution < 1.29 is 4.74 Å². The molecule has 0 spiro atoms. The van der Waals surface area contributed by atoms with Crippen LogP contribution in [-0.4, -0.2) is 66.4 Å². The molecule has 1 aliphatic heterocycles. The summed E-state index contributed by atoms with van der Waals surface area (Å²) >= 11 is 0. The fraction of sp³-hybridized carbons (Fsp3) is 0.562. The maximum atomic E-state index is 5.69. The first-order valence-corrected chi connectivity index (χ1v) is 8.11. The highest BCUT2D eigenvalue weighted by Crippen LogP contribution is 2.23. The third-order valence-electron chi connectivity index (χ3n) is 4.37. The van der Waals surface area contributed by atoms with Crippen LogP contribution in [0.3, 0.4) is 0 Å². The van der Waals surface area contributed by atoms with E-state index < -0.39 is 0 Å². The molecule has 8 heteroatoms. The highest BCUT2D eigenvalue weighted by atomic mass is 16.5. The molecule has 0 aromatic carbocycles. The molecular weight excluding hydrogens is 306 g/mol. The maximum absolute atomic E-state index is 5.69. The summed E-state index contributed by atoms with van der Waals surface area (Å²) in [6, 6.07) is 2.34. The van der Waals surface area contributed by atoms with Crippen molar-refractivity contribution in [1.82, 2.24) is 25.3 Å². The second kappa shape index (κ2) is 7.14. The average molecular weight is 331 g/mol. The van der Waals surface area contributed by atoms with E-state index in [1.807, 2.05) is 31.3 Å². The van der Waals surface area contributed by atoms with Gasteiger partial charge in [0.25, 0.3) is 0 Å². The number of aromatic amines is 1. The zero-order chi connectivity index (χ0) is 17.1. The molecule has 130 valence electrons. The van der Waals surface area contributed by atoms with Crippen LogP contribution < -0.4 is 15.1 Å². The van der Waals surface area contributed by atoms with E-state index in [-0.39, 0.29) is 18.2 Å². The first-order valence-electron chi connectivity index (χ1n) is 8.11. The van der Waals surface area contributed by atoms with Crippen molar-refractivity contribution in [3.8, 4) is 0 Å². The van der Waals surface area contributed by atoms with Gasteiger partial charge in [-0.3, -0.25) is 0 Å². The van der Waals surface area contributed by atoms with Gasteiger partial charge in [0.2, 0.25) is 5.95 Å². The molecule has 0 bridgehead atoms. The van der Waals surface area contributed by atoms with Crippen LogP contribution in [0.25, 0.3) is 0 Å². The largest absolute Gasteiger partial charge is 0.378 e. The Morgan fingerprint density at radius 3 is 2.92 bits per heavy atom. The Morgan fingerprint density at radius 1 is 1.42 bits per heavy atom. The molecule has 2 aromatic rings. The lowest BCUT2D eigenvalue weighted by Crippen LogP contribution is -2.41. The summed E-state index contributed by atoms with van der Waals surface area (Å²) in [5.74, 6) is 1.64. The van der Waals surface area contributed by atoms with E-state index >= 15 is 0 Å². The molecule has 3 atom stereocenters. The van der Waals surface area contributed by atoms with Gasteiger partial charge in [0.15, 0.2) is 0 Å². The zero-order valence-electron chi connectivity index (χ0n) is 14.6. The Hall–Kier alpha value is -2.19. The van der Waals surface area contributed by atoms with E-state index in [1.165, 1.54) is 0 Å². The molecule has 1 unspecified atom stereocenters. The number of nitrogens with zero attached hydrogens (tertiary/aromatic N) is 5. The van der Waals surface area contributed by atoms with Crippen LogP contribution in [0.5, 0.6) is 0 Å². The topological polar surface area (TPSA) is 82.2 Å². The van der Waals surface area contributed by atoms with Crippen molar-refractivity contribution in [3.05, 3.63) is 30.5 Å². The Morgan fingerprint density at radius 2 is 2.25 bits per heavy atom. The van der Waals surface area contributed by atoms with E-state index in [0.717, 1.165) is 24.6 Å². The third-order valence-corrected chi connectivity index (χ3v) is 4.37. The monoisotopic (exact) mass is 331 g/mol. The molecule has 0 radical (unpaired) electrons. The lowest BCUT2D eigenvalue weighted by atomic mass is 10.1. The normalized spacial score (nSPS) is 21.9. The minimum absolute atomic E-state index is 0.105. The number of rotatable bonds is 6. The van der Waals surface area contributed by atoms with Gasteiger partial charge in [0.1, 0.15) is 5.82 Å². The van der Waals surface area contributed by atoms with E-state index in [4.69, 9.17) is 4.74 Å². The van der Waals surface area contributed by atoms with E-state index in [1.54, 1.807) is 19.6 Å². The number of hydrogen-bond acceptors (Lipinski definition) is 7. The van der Waals surface area contributed by atoms with Gasteiger partial charge >= 0.3 is 0 Å². The van der Waals surface area contributed by atoms with Crippen molar-refractivity contribution in [2.45, 2.75) is 25.1 Å². The number of anilines is 2. The second-order valence-corrected chi connectivity index (χ2v) is 6.29. The van der Waals surface area contributed by atoms with Crippen LogP contribution >= 0.6 is 0 Å². The summed E-state index contributed by atoms with van der Waals surface area (Å²) in [7, 11) is 5.64. The fourth-order valence-electron chi connectivity index (χ4n) is 3.01. The molecule has 0 aliphatic carbocycles. The molecule has 0 saturated carbocycles. The van der Waals surface area contributed by atoms with Crippen molar-refractivity contribution in [2.75, 3.05) is 44.1 Å². The predicted octanol–water partition coefficient (Wildman–Crippen LogP) is 0.820. The smallest absolute Gasteiger partial charge is 0.226 e.